The number of ether oxygens (including phenoxy) is 3. The third kappa shape index (κ3) is 47.7. The van der Waals surface area contributed by atoms with E-state index in [0.29, 0.717) is 19.3 Å². The number of esters is 3. The average molecular weight is 851 g/mol. The van der Waals surface area contributed by atoms with Crippen LogP contribution in [0.3, 0.4) is 0 Å². The topological polar surface area (TPSA) is 78.9 Å². The van der Waals surface area contributed by atoms with E-state index in [2.05, 4.69) is 93.7 Å². The summed E-state index contributed by atoms with van der Waals surface area (Å²) in [5.41, 5.74) is 0. The van der Waals surface area contributed by atoms with Gasteiger partial charge < -0.3 is 14.2 Å². The lowest BCUT2D eigenvalue weighted by atomic mass is 10.0. The molecule has 0 aromatic heterocycles. The van der Waals surface area contributed by atoms with Crippen LogP contribution in [-0.2, 0) is 28.6 Å². The maximum absolute atomic E-state index is 12.8. The van der Waals surface area contributed by atoms with Crippen LogP contribution in [0.25, 0.3) is 0 Å². The van der Waals surface area contributed by atoms with Crippen molar-refractivity contribution in [2.24, 2.45) is 0 Å². The van der Waals surface area contributed by atoms with Crippen molar-refractivity contribution in [3.63, 3.8) is 0 Å². The molecule has 0 heterocycles. The van der Waals surface area contributed by atoms with E-state index < -0.39 is 6.10 Å². The van der Waals surface area contributed by atoms with Gasteiger partial charge in [-0.2, -0.15) is 0 Å². The van der Waals surface area contributed by atoms with Crippen LogP contribution in [0.4, 0.5) is 0 Å². The minimum Gasteiger partial charge on any atom is -0.462 e. The number of carbonyl (C=O) groups excluding carboxylic acids is 3. The molecule has 0 aliphatic carbocycles. The van der Waals surface area contributed by atoms with Gasteiger partial charge >= 0.3 is 17.9 Å². The zero-order chi connectivity index (χ0) is 44.4. The summed E-state index contributed by atoms with van der Waals surface area (Å²) < 4.78 is 16.7. The smallest absolute Gasteiger partial charge is 0.306 e. The molecule has 6 heteroatoms. The van der Waals surface area contributed by atoms with E-state index in [1.54, 1.807) is 0 Å². The molecule has 6 nitrogen and oxygen atoms in total. The molecule has 1 unspecified atom stereocenters. The molecule has 0 aliphatic heterocycles. The van der Waals surface area contributed by atoms with Gasteiger partial charge in [-0.25, -0.2) is 0 Å². The molecule has 0 spiro atoms. The second-order valence-corrected chi connectivity index (χ2v) is 16.7. The Balaban J connectivity index is 4.41. The van der Waals surface area contributed by atoms with E-state index >= 15 is 0 Å². The number of hydrogen-bond donors (Lipinski definition) is 0. The molecule has 350 valence electrons. The van der Waals surface area contributed by atoms with E-state index in [9.17, 15) is 14.4 Å². The summed E-state index contributed by atoms with van der Waals surface area (Å²) in [6.45, 7) is 6.36. The Morgan fingerprint density at radius 1 is 0.344 bits per heavy atom. The van der Waals surface area contributed by atoms with Crippen LogP contribution in [-0.4, -0.2) is 37.2 Å². The summed E-state index contributed by atoms with van der Waals surface area (Å²) in [6.07, 6.45) is 61.8. The summed E-state index contributed by atoms with van der Waals surface area (Å²) in [5, 5.41) is 0. The Bertz CT molecular complexity index is 1160. The maximum atomic E-state index is 12.8. The number of hydrogen-bond acceptors (Lipinski definition) is 6. The van der Waals surface area contributed by atoms with Gasteiger partial charge in [-0.1, -0.05) is 209 Å². The molecule has 0 aromatic rings. The Hall–Kier alpha value is -3.15. The predicted molar refractivity (Wildman–Crippen MR) is 261 cm³/mol. The van der Waals surface area contributed by atoms with Crippen LogP contribution in [0.15, 0.2) is 72.9 Å². The van der Waals surface area contributed by atoms with Crippen molar-refractivity contribution in [3.05, 3.63) is 72.9 Å². The molecule has 0 amide bonds. The molecule has 0 saturated heterocycles. The van der Waals surface area contributed by atoms with Crippen LogP contribution in [0.2, 0.25) is 0 Å². The van der Waals surface area contributed by atoms with Gasteiger partial charge in [0.15, 0.2) is 6.10 Å². The predicted octanol–water partition coefficient (Wildman–Crippen LogP) is 16.6. The molecule has 0 fully saturated rings. The summed E-state index contributed by atoms with van der Waals surface area (Å²) in [5.74, 6) is -0.957. The fraction of sp³-hybridized carbons (Fsp3) is 0.727. The van der Waals surface area contributed by atoms with Crippen LogP contribution in [0.5, 0.6) is 0 Å². The quantitative estimate of drug-likeness (QED) is 0.0263. The van der Waals surface area contributed by atoms with Gasteiger partial charge in [-0.15, -0.1) is 0 Å². The van der Waals surface area contributed by atoms with E-state index in [1.807, 2.05) is 0 Å². The molecule has 0 aliphatic rings. The number of allylic oxidation sites excluding steroid dienone is 12. The fourth-order valence-corrected chi connectivity index (χ4v) is 6.94. The van der Waals surface area contributed by atoms with Crippen LogP contribution in [0.1, 0.15) is 239 Å². The lowest BCUT2D eigenvalue weighted by Gasteiger charge is -2.18. The Labute approximate surface area is 376 Å². The highest BCUT2D eigenvalue weighted by Crippen LogP contribution is 2.15. The zero-order valence-corrected chi connectivity index (χ0v) is 39.9. The molecule has 0 bridgehead atoms. The number of carbonyl (C=O) groups is 3. The third-order valence-electron chi connectivity index (χ3n) is 10.7. The van der Waals surface area contributed by atoms with Crippen molar-refractivity contribution < 1.29 is 28.6 Å². The van der Waals surface area contributed by atoms with Crippen molar-refractivity contribution in [3.8, 4) is 0 Å². The van der Waals surface area contributed by atoms with E-state index in [-0.39, 0.29) is 31.1 Å². The first-order valence-electron chi connectivity index (χ1n) is 25.4. The SMILES string of the molecule is CC/C=C\C/C=C\C/C=C\CCCCCCC(=O)OC(COC(=O)CCCC/C=C\C/C=C\C/C=C\CC)COC(=O)CCCCCCCCCCCCCCCCCCC. The van der Waals surface area contributed by atoms with Gasteiger partial charge in [-0.05, 0) is 83.5 Å². The lowest BCUT2D eigenvalue weighted by molar-refractivity contribution is -0.167. The molecule has 0 radical (unpaired) electrons. The minimum atomic E-state index is -0.800. The van der Waals surface area contributed by atoms with Crippen LogP contribution < -0.4 is 0 Å². The summed E-state index contributed by atoms with van der Waals surface area (Å²) >= 11 is 0. The van der Waals surface area contributed by atoms with Crippen molar-refractivity contribution in [1.29, 1.82) is 0 Å². The van der Waals surface area contributed by atoms with Crippen molar-refractivity contribution in [2.45, 2.75) is 245 Å². The van der Waals surface area contributed by atoms with Gasteiger partial charge in [0.05, 0.1) is 0 Å². The van der Waals surface area contributed by atoms with Gasteiger partial charge in [0.25, 0.3) is 0 Å². The minimum absolute atomic E-state index is 0.0953. The molecule has 0 saturated carbocycles. The maximum Gasteiger partial charge on any atom is 0.306 e. The summed E-state index contributed by atoms with van der Waals surface area (Å²) in [4.78, 5) is 37.9. The van der Waals surface area contributed by atoms with Crippen molar-refractivity contribution >= 4 is 17.9 Å². The van der Waals surface area contributed by atoms with Gasteiger partial charge in [0, 0.05) is 19.3 Å². The van der Waals surface area contributed by atoms with E-state index in [4.69, 9.17) is 14.2 Å². The molecule has 61 heavy (non-hydrogen) atoms. The Morgan fingerprint density at radius 3 is 1.03 bits per heavy atom. The van der Waals surface area contributed by atoms with E-state index in [0.717, 1.165) is 109 Å². The molecule has 0 rings (SSSR count). The van der Waals surface area contributed by atoms with Crippen LogP contribution >= 0.6 is 0 Å². The largest absolute Gasteiger partial charge is 0.462 e. The van der Waals surface area contributed by atoms with Gasteiger partial charge in [0.2, 0.25) is 0 Å². The standard InChI is InChI=1S/C55H94O6/c1-4-7-10-13-16-19-22-25-27-28-29-31-33-36-39-42-45-48-54(57)60-51-52(50-59-53(56)47-44-41-38-35-32-24-21-18-15-12-9-6-3)61-55(58)49-46-43-40-37-34-30-26-23-20-17-14-11-8-5-2/h8-9,11-12,17-18,20-21,26,30,32,35,52H,4-7,10,13-16,19,22-25,27-29,31,33-34,36-51H2,1-3H3/b11-8-,12-9-,20-17-,21-18-,30-26-,35-32-. The average Bonchev–Trinajstić information content (AvgIpc) is 3.26. The summed E-state index contributed by atoms with van der Waals surface area (Å²) in [6, 6.07) is 0. The molecular weight excluding hydrogens is 757 g/mol. The number of unbranched alkanes of at least 4 members (excludes halogenated alkanes) is 22. The first kappa shape index (κ1) is 57.9. The monoisotopic (exact) mass is 851 g/mol. The highest BCUT2D eigenvalue weighted by Gasteiger charge is 2.19. The lowest BCUT2D eigenvalue weighted by Crippen LogP contribution is -2.30. The Morgan fingerprint density at radius 2 is 0.639 bits per heavy atom. The molecular formula is C55H94O6. The highest BCUT2D eigenvalue weighted by atomic mass is 16.6. The normalized spacial score (nSPS) is 12.6. The van der Waals surface area contributed by atoms with E-state index in [1.165, 1.54) is 89.9 Å². The molecule has 1 atom stereocenters. The van der Waals surface area contributed by atoms with Crippen LogP contribution in [0, 0.1) is 0 Å². The Kier molecular flexibility index (Phi) is 46.9. The van der Waals surface area contributed by atoms with Gasteiger partial charge in [-0.3, -0.25) is 14.4 Å². The number of rotatable bonds is 45. The van der Waals surface area contributed by atoms with Gasteiger partial charge in [0.1, 0.15) is 13.2 Å². The molecule has 0 N–H and O–H groups in total. The summed E-state index contributed by atoms with van der Waals surface area (Å²) in [7, 11) is 0. The first-order valence-corrected chi connectivity index (χ1v) is 25.4. The van der Waals surface area contributed by atoms with Crippen molar-refractivity contribution in [2.75, 3.05) is 13.2 Å². The second kappa shape index (κ2) is 49.5. The second-order valence-electron chi connectivity index (χ2n) is 16.7. The molecule has 0 aromatic carbocycles. The first-order chi connectivity index (χ1) is 30.0. The highest BCUT2D eigenvalue weighted by molar-refractivity contribution is 5.71. The third-order valence-corrected chi connectivity index (χ3v) is 10.7. The zero-order valence-electron chi connectivity index (χ0n) is 39.9. The van der Waals surface area contributed by atoms with Crippen molar-refractivity contribution in [1.82, 2.24) is 0 Å². The fourth-order valence-electron chi connectivity index (χ4n) is 6.94.